The van der Waals surface area contributed by atoms with Gasteiger partial charge in [0.2, 0.25) is 0 Å². The zero-order valence-corrected chi connectivity index (χ0v) is 11.4. The van der Waals surface area contributed by atoms with Gasteiger partial charge in [-0.2, -0.15) is 0 Å². The Bertz CT molecular complexity index is 482. The molecule has 0 aromatic heterocycles. The van der Waals surface area contributed by atoms with E-state index < -0.39 is 0 Å². The summed E-state index contributed by atoms with van der Waals surface area (Å²) < 4.78 is 5.50. The fourth-order valence-electron chi connectivity index (χ4n) is 2.02. The molecule has 19 heavy (non-hydrogen) atoms. The highest BCUT2D eigenvalue weighted by Crippen LogP contribution is 2.10. The van der Waals surface area contributed by atoms with Gasteiger partial charge in [-0.25, -0.2) is 0 Å². The molecule has 2 rings (SSSR count). The molecule has 0 aliphatic carbocycles. The standard InChI is InChI=1S/C17H21NO/c1-2-19-14-17-11-7-6-10-16(17)13-18-12-15-8-4-3-5-9-15/h3-11,18H,2,12-14H2,1H3. The fourth-order valence-corrected chi connectivity index (χ4v) is 2.02. The minimum Gasteiger partial charge on any atom is -0.377 e. The average Bonchev–Trinajstić information content (AvgIpc) is 2.47. The summed E-state index contributed by atoms with van der Waals surface area (Å²) in [5.41, 5.74) is 3.89. The van der Waals surface area contributed by atoms with Gasteiger partial charge in [0.15, 0.2) is 0 Å². The number of ether oxygens (including phenoxy) is 1. The lowest BCUT2D eigenvalue weighted by atomic mass is 10.1. The topological polar surface area (TPSA) is 21.3 Å². The summed E-state index contributed by atoms with van der Waals surface area (Å²) >= 11 is 0. The summed E-state index contributed by atoms with van der Waals surface area (Å²) in [7, 11) is 0. The molecule has 0 unspecified atom stereocenters. The van der Waals surface area contributed by atoms with Crippen LogP contribution in [0, 0.1) is 0 Å². The number of hydrogen-bond acceptors (Lipinski definition) is 2. The van der Waals surface area contributed by atoms with Crippen molar-refractivity contribution in [2.24, 2.45) is 0 Å². The normalized spacial score (nSPS) is 10.6. The quantitative estimate of drug-likeness (QED) is 0.817. The highest BCUT2D eigenvalue weighted by atomic mass is 16.5. The van der Waals surface area contributed by atoms with Crippen LogP contribution in [0.15, 0.2) is 54.6 Å². The molecule has 0 saturated carbocycles. The Morgan fingerprint density at radius 1 is 0.842 bits per heavy atom. The van der Waals surface area contributed by atoms with Crippen LogP contribution in [0.3, 0.4) is 0 Å². The first-order chi connectivity index (χ1) is 9.40. The number of hydrogen-bond donors (Lipinski definition) is 1. The van der Waals surface area contributed by atoms with Gasteiger partial charge in [0, 0.05) is 19.7 Å². The Morgan fingerprint density at radius 2 is 1.53 bits per heavy atom. The van der Waals surface area contributed by atoms with Gasteiger partial charge in [0.25, 0.3) is 0 Å². The first kappa shape index (κ1) is 13.8. The Balaban J connectivity index is 1.88. The summed E-state index contributed by atoms with van der Waals surface area (Å²) in [6.45, 7) is 5.24. The summed E-state index contributed by atoms with van der Waals surface area (Å²) in [5, 5.41) is 3.48. The van der Waals surface area contributed by atoms with Gasteiger partial charge < -0.3 is 10.1 Å². The van der Waals surface area contributed by atoms with E-state index in [2.05, 4.69) is 53.8 Å². The Morgan fingerprint density at radius 3 is 2.26 bits per heavy atom. The Hall–Kier alpha value is -1.64. The van der Waals surface area contributed by atoms with Crippen LogP contribution in [0.2, 0.25) is 0 Å². The molecule has 0 radical (unpaired) electrons. The molecule has 0 bridgehead atoms. The van der Waals surface area contributed by atoms with E-state index in [1.807, 2.05) is 13.0 Å². The molecule has 0 fully saturated rings. The molecule has 0 atom stereocenters. The zero-order chi connectivity index (χ0) is 13.3. The SMILES string of the molecule is CCOCc1ccccc1CNCc1ccccc1. The van der Waals surface area contributed by atoms with Crippen molar-refractivity contribution in [2.45, 2.75) is 26.6 Å². The molecule has 0 amide bonds. The minimum atomic E-state index is 0.694. The monoisotopic (exact) mass is 255 g/mol. The van der Waals surface area contributed by atoms with Crippen LogP contribution in [-0.4, -0.2) is 6.61 Å². The van der Waals surface area contributed by atoms with Crippen molar-refractivity contribution in [2.75, 3.05) is 6.61 Å². The molecule has 2 nitrogen and oxygen atoms in total. The predicted molar refractivity (Wildman–Crippen MR) is 78.8 cm³/mol. The van der Waals surface area contributed by atoms with Crippen molar-refractivity contribution in [1.29, 1.82) is 0 Å². The van der Waals surface area contributed by atoms with Gasteiger partial charge in [-0.15, -0.1) is 0 Å². The van der Waals surface area contributed by atoms with Crippen molar-refractivity contribution < 1.29 is 4.74 Å². The van der Waals surface area contributed by atoms with Crippen LogP contribution in [0.1, 0.15) is 23.6 Å². The van der Waals surface area contributed by atoms with E-state index in [1.165, 1.54) is 16.7 Å². The molecule has 100 valence electrons. The Kier molecular flexibility index (Phi) is 5.60. The fraction of sp³-hybridized carbons (Fsp3) is 0.294. The van der Waals surface area contributed by atoms with E-state index in [9.17, 15) is 0 Å². The first-order valence-corrected chi connectivity index (χ1v) is 6.79. The zero-order valence-electron chi connectivity index (χ0n) is 11.4. The van der Waals surface area contributed by atoms with Gasteiger partial charge in [-0.05, 0) is 23.6 Å². The number of rotatable bonds is 7. The lowest BCUT2D eigenvalue weighted by Gasteiger charge is -2.10. The summed E-state index contributed by atoms with van der Waals surface area (Å²) in [6.07, 6.45) is 0. The summed E-state index contributed by atoms with van der Waals surface area (Å²) in [6, 6.07) is 18.9. The maximum atomic E-state index is 5.50. The second-order valence-corrected chi connectivity index (χ2v) is 4.49. The van der Waals surface area contributed by atoms with E-state index in [4.69, 9.17) is 4.74 Å². The molecule has 0 heterocycles. The van der Waals surface area contributed by atoms with Crippen LogP contribution in [0.5, 0.6) is 0 Å². The van der Waals surface area contributed by atoms with Crippen LogP contribution < -0.4 is 5.32 Å². The van der Waals surface area contributed by atoms with E-state index in [-0.39, 0.29) is 0 Å². The molecular formula is C17H21NO. The third kappa shape index (κ3) is 4.51. The molecule has 2 heteroatoms. The van der Waals surface area contributed by atoms with Crippen LogP contribution in [0.4, 0.5) is 0 Å². The largest absolute Gasteiger partial charge is 0.377 e. The molecule has 0 saturated heterocycles. The Labute approximate surface area is 115 Å². The molecule has 2 aromatic carbocycles. The first-order valence-electron chi connectivity index (χ1n) is 6.79. The van der Waals surface area contributed by atoms with E-state index >= 15 is 0 Å². The molecule has 0 aliphatic heterocycles. The number of benzene rings is 2. The highest BCUT2D eigenvalue weighted by Gasteiger charge is 2.01. The van der Waals surface area contributed by atoms with Crippen LogP contribution in [0.25, 0.3) is 0 Å². The molecule has 2 aromatic rings. The lowest BCUT2D eigenvalue weighted by Crippen LogP contribution is -2.14. The maximum absolute atomic E-state index is 5.50. The minimum absolute atomic E-state index is 0.694. The van der Waals surface area contributed by atoms with Crippen molar-refractivity contribution in [3.63, 3.8) is 0 Å². The van der Waals surface area contributed by atoms with Crippen molar-refractivity contribution >= 4 is 0 Å². The van der Waals surface area contributed by atoms with E-state index in [1.54, 1.807) is 0 Å². The van der Waals surface area contributed by atoms with Crippen molar-refractivity contribution in [1.82, 2.24) is 5.32 Å². The third-order valence-electron chi connectivity index (χ3n) is 3.07. The summed E-state index contributed by atoms with van der Waals surface area (Å²) in [4.78, 5) is 0. The number of nitrogens with one attached hydrogen (secondary N) is 1. The van der Waals surface area contributed by atoms with Gasteiger partial charge in [0.05, 0.1) is 6.61 Å². The van der Waals surface area contributed by atoms with Crippen molar-refractivity contribution in [3.8, 4) is 0 Å². The second kappa shape index (κ2) is 7.72. The second-order valence-electron chi connectivity index (χ2n) is 4.49. The smallest absolute Gasteiger partial charge is 0.0719 e. The predicted octanol–water partition coefficient (Wildman–Crippen LogP) is 3.51. The maximum Gasteiger partial charge on any atom is 0.0719 e. The molecular weight excluding hydrogens is 234 g/mol. The van der Waals surface area contributed by atoms with Crippen molar-refractivity contribution in [3.05, 3.63) is 71.3 Å². The molecule has 0 aliphatic rings. The average molecular weight is 255 g/mol. The van der Waals surface area contributed by atoms with Crippen LogP contribution in [-0.2, 0) is 24.4 Å². The summed E-state index contributed by atoms with van der Waals surface area (Å²) in [5.74, 6) is 0. The lowest BCUT2D eigenvalue weighted by molar-refractivity contribution is 0.133. The highest BCUT2D eigenvalue weighted by molar-refractivity contribution is 5.26. The molecule has 0 spiro atoms. The van der Waals surface area contributed by atoms with E-state index in [0.717, 1.165) is 19.7 Å². The van der Waals surface area contributed by atoms with E-state index in [0.29, 0.717) is 6.61 Å². The van der Waals surface area contributed by atoms with Gasteiger partial charge in [-0.1, -0.05) is 54.6 Å². The van der Waals surface area contributed by atoms with Gasteiger partial charge in [-0.3, -0.25) is 0 Å². The van der Waals surface area contributed by atoms with Crippen LogP contribution >= 0.6 is 0 Å². The molecule has 1 N–H and O–H groups in total. The third-order valence-corrected chi connectivity index (χ3v) is 3.07. The van der Waals surface area contributed by atoms with Gasteiger partial charge in [0.1, 0.15) is 0 Å². The van der Waals surface area contributed by atoms with Gasteiger partial charge >= 0.3 is 0 Å².